The van der Waals surface area contributed by atoms with E-state index in [2.05, 4.69) is 15.3 Å². The molecule has 3 amide bonds. The number of nitrogens with zero attached hydrogens (tertiary/aromatic N) is 3. The van der Waals surface area contributed by atoms with Crippen molar-refractivity contribution in [1.82, 2.24) is 15.3 Å². The maximum Gasteiger partial charge on any atom is 0.446 e. The molecule has 5 aromatic rings. The second kappa shape index (κ2) is 14.6. The summed E-state index contributed by atoms with van der Waals surface area (Å²) < 4.78 is 51.0. The number of halogens is 3. The fourth-order valence-electron chi connectivity index (χ4n) is 6.09. The summed E-state index contributed by atoms with van der Waals surface area (Å²) >= 11 is -0.274. The molecular weight excluding hydrogens is 666 g/mol. The molecule has 1 fully saturated rings. The number of carbonyl (C=O) groups is 2. The van der Waals surface area contributed by atoms with Gasteiger partial charge in [0.25, 0.3) is 5.91 Å². The Labute approximate surface area is 291 Å². The van der Waals surface area contributed by atoms with Crippen molar-refractivity contribution in [2.75, 3.05) is 4.90 Å². The lowest BCUT2D eigenvalue weighted by atomic mass is 9.70. The molecule has 256 valence electrons. The third kappa shape index (κ3) is 7.60. The number of carbonyl (C=O) groups excluding carboxylic acids is 2. The molecule has 3 heterocycles. The molecular formula is C38H33F3N4O4S. The number of rotatable bonds is 12. The minimum Gasteiger partial charge on any atom is -0.473 e. The van der Waals surface area contributed by atoms with Crippen LogP contribution in [0.1, 0.15) is 47.9 Å². The van der Waals surface area contributed by atoms with Crippen molar-refractivity contribution >= 4 is 29.4 Å². The Kier molecular flexibility index (Phi) is 10.1. The molecule has 1 N–H and O–H groups in total. The van der Waals surface area contributed by atoms with Gasteiger partial charge in [-0.25, -0.2) is 19.7 Å². The normalized spacial score (nSPS) is 17.3. The van der Waals surface area contributed by atoms with Gasteiger partial charge in [-0.05, 0) is 70.4 Å². The topological polar surface area (TPSA) is 93.7 Å². The Balaban J connectivity index is 1.34. The average Bonchev–Trinajstić information content (AvgIpc) is 3.40. The molecule has 6 rings (SSSR count). The van der Waals surface area contributed by atoms with Crippen LogP contribution in [0.4, 0.5) is 23.7 Å². The molecule has 2 atom stereocenters. The Morgan fingerprint density at radius 3 is 1.68 bits per heavy atom. The van der Waals surface area contributed by atoms with Crippen molar-refractivity contribution in [1.29, 1.82) is 0 Å². The van der Waals surface area contributed by atoms with E-state index >= 15 is 0 Å². The first-order valence-electron chi connectivity index (χ1n) is 15.8. The number of pyridine rings is 2. The molecule has 1 aliphatic rings. The van der Waals surface area contributed by atoms with E-state index in [0.717, 1.165) is 16.0 Å². The summed E-state index contributed by atoms with van der Waals surface area (Å²) in [6.45, 7) is 4.24. The van der Waals surface area contributed by atoms with Gasteiger partial charge in [-0.15, -0.1) is 0 Å². The summed E-state index contributed by atoms with van der Waals surface area (Å²) in [5.41, 5.74) is -2.63. The Morgan fingerprint density at radius 1 is 0.740 bits per heavy atom. The van der Waals surface area contributed by atoms with Gasteiger partial charge in [0.05, 0.1) is 5.69 Å². The molecule has 2 unspecified atom stereocenters. The fourth-order valence-corrected chi connectivity index (χ4v) is 6.63. The first kappa shape index (κ1) is 34.5. The highest BCUT2D eigenvalue weighted by molar-refractivity contribution is 8.00. The number of aromatic nitrogens is 2. The molecule has 1 saturated heterocycles. The van der Waals surface area contributed by atoms with Gasteiger partial charge in [0.1, 0.15) is 18.8 Å². The fraction of sp³-hybridized carbons (Fsp3) is 0.211. The molecule has 0 radical (unpaired) electrons. The van der Waals surface area contributed by atoms with Crippen molar-refractivity contribution < 1.29 is 32.2 Å². The number of imide groups is 1. The van der Waals surface area contributed by atoms with Crippen molar-refractivity contribution in [2.24, 2.45) is 0 Å². The molecule has 50 heavy (non-hydrogen) atoms. The van der Waals surface area contributed by atoms with Crippen LogP contribution in [-0.4, -0.2) is 33.0 Å². The van der Waals surface area contributed by atoms with Crippen molar-refractivity contribution in [3.05, 3.63) is 144 Å². The van der Waals surface area contributed by atoms with E-state index in [1.54, 1.807) is 36.7 Å². The summed E-state index contributed by atoms with van der Waals surface area (Å²) in [4.78, 5) is 38.2. The highest BCUT2D eigenvalue weighted by Crippen LogP contribution is 2.46. The molecule has 3 aromatic carbocycles. The highest BCUT2D eigenvalue weighted by atomic mass is 32.2. The van der Waals surface area contributed by atoms with E-state index in [9.17, 15) is 22.8 Å². The van der Waals surface area contributed by atoms with Crippen LogP contribution in [0.5, 0.6) is 11.8 Å². The number of urea groups is 1. The third-order valence-electron chi connectivity index (χ3n) is 8.75. The molecule has 0 spiro atoms. The maximum atomic E-state index is 14.7. The number of hydrogen-bond acceptors (Lipinski definition) is 7. The minimum atomic E-state index is -4.48. The highest BCUT2D eigenvalue weighted by Gasteiger charge is 2.58. The molecule has 0 saturated carbocycles. The van der Waals surface area contributed by atoms with Crippen LogP contribution < -0.4 is 19.7 Å². The monoisotopic (exact) mass is 698 g/mol. The predicted octanol–water partition coefficient (Wildman–Crippen LogP) is 8.65. The number of ether oxygens (including phenoxy) is 2. The van der Waals surface area contributed by atoms with E-state index in [1.807, 2.05) is 74.5 Å². The van der Waals surface area contributed by atoms with Crippen molar-refractivity contribution in [2.45, 2.75) is 54.8 Å². The van der Waals surface area contributed by atoms with E-state index < -0.39 is 34.8 Å². The number of amides is 3. The summed E-state index contributed by atoms with van der Waals surface area (Å²) in [7, 11) is 0. The minimum absolute atomic E-state index is 0.0686. The van der Waals surface area contributed by atoms with Gasteiger partial charge in [-0.3, -0.25) is 4.79 Å². The Morgan fingerprint density at radius 2 is 1.22 bits per heavy atom. The quantitative estimate of drug-likeness (QED) is 0.103. The Bertz CT molecular complexity index is 1850. The number of benzene rings is 3. The van der Waals surface area contributed by atoms with E-state index in [0.29, 0.717) is 22.9 Å². The summed E-state index contributed by atoms with van der Waals surface area (Å²) in [5, 5.41) is 3.00. The van der Waals surface area contributed by atoms with Crippen molar-refractivity contribution in [3.8, 4) is 11.8 Å². The van der Waals surface area contributed by atoms with Crippen LogP contribution in [-0.2, 0) is 18.0 Å². The first-order chi connectivity index (χ1) is 24.0. The van der Waals surface area contributed by atoms with Crippen LogP contribution in [0, 0.1) is 0 Å². The SMILES string of the molecule is CC(c1ccnc(OCc2ccccc2)c1)C1(C(C)c2ccnc(OCc3ccccc3)c2)NC(=O)N(c2ccc(SC(F)(F)F)cc2)C1=O. The molecule has 0 bridgehead atoms. The summed E-state index contributed by atoms with van der Waals surface area (Å²) in [5.74, 6) is -1.16. The lowest BCUT2D eigenvalue weighted by molar-refractivity contribution is -0.123. The van der Waals surface area contributed by atoms with E-state index in [1.165, 1.54) is 24.3 Å². The maximum absolute atomic E-state index is 14.7. The zero-order valence-electron chi connectivity index (χ0n) is 27.1. The first-order valence-corrected chi connectivity index (χ1v) is 16.6. The van der Waals surface area contributed by atoms with Crippen LogP contribution in [0.25, 0.3) is 0 Å². The molecule has 8 nitrogen and oxygen atoms in total. The second-order valence-corrected chi connectivity index (χ2v) is 13.0. The summed E-state index contributed by atoms with van der Waals surface area (Å²) in [6, 6.07) is 30.7. The molecule has 2 aromatic heterocycles. The van der Waals surface area contributed by atoms with Gasteiger partial charge in [0.15, 0.2) is 0 Å². The largest absolute Gasteiger partial charge is 0.473 e. The smallest absolute Gasteiger partial charge is 0.446 e. The average molecular weight is 699 g/mol. The van der Waals surface area contributed by atoms with Crippen LogP contribution in [0.2, 0.25) is 0 Å². The van der Waals surface area contributed by atoms with Crippen LogP contribution in [0.3, 0.4) is 0 Å². The number of alkyl halides is 3. The standard InChI is InChI=1S/C38H33F3N4O4S/c1-25(29-17-19-42-33(21-29)48-23-27-9-5-3-6-10-27)37(26(2)30-18-20-43-34(22-30)49-24-28-11-7-4-8-12-28)35(46)45(36(47)44-37)31-13-15-32(16-14-31)50-38(39,40)41/h3-22,25-26H,23-24H2,1-2H3,(H,44,47). The number of hydrogen-bond donors (Lipinski definition) is 1. The lowest BCUT2D eigenvalue weighted by Crippen LogP contribution is -2.55. The third-order valence-corrected chi connectivity index (χ3v) is 9.48. The van der Waals surface area contributed by atoms with Gasteiger partial charge in [0.2, 0.25) is 11.8 Å². The van der Waals surface area contributed by atoms with Crippen molar-refractivity contribution in [3.63, 3.8) is 0 Å². The van der Waals surface area contributed by atoms with Gasteiger partial charge in [-0.1, -0.05) is 74.5 Å². The summed E-state index contributed by atoms with van der Waals surface area (Å²) in [6.07, 6.45) is 3.17. The van der Waals surface area contributed by atoms with Crippen LogP contribution in [0.15, 0.2) is 126 Å². The van der Waals surface area contributed by atoms with Gasteiger partial charge in [0, 0.05) is 41.3 Å². The zero-order valence-corrected chi connectivity index (χ0v) is 27.9. The molecule has 0 aliphatic carbocycles. The van der Waals surface area contributed by atoms with Gasteiger partial charge in [-0.2, -0.15) is 13.2 Å². The van der Waals surface area contributed by atoms with E-state index in [-0.39, 0.29) is 35.6 Å². The van der Waals surface area contributed by atoms with Gasteiger partial charge < -0.3 is 14.8 Å². The lowest BCUT2D eigenvalue weighted by Gasteiger charge is -2.39. The Hall–Kier alpha value is -5.36. The zero-order chi connectivity index (χ0) is 35.3. The van der Waals surface area contributed by atoms with Gasteiger partial charge >= 0.3 is 11.5 Å². The molecule has 12 heteroatoms. The number of nitrogens with one attached hydrogen (secondary N) is 1. The van der Waals surface area contributed by atoms with E-state index in [4.69, 9.17) is 9.47 Å². The van der Waals surface area contributed by atoms with Crippen LogP contribution >= 0.6 is 11.8 Å². The second-order valence-electron chi connectivity index (χ2n) is 11.8. The molecule has 1 aliphatic heterocycles. The number of anilines is 1. The number of thioether (sulfide) groups is 1. The predicted molar refractivity (Wildman–Crippen MR) is 184 cm³/mol.